The number of aliphatic hydroxyl groups excluding tert-OH is 1. The number of fused-ring (bicyclic) bond motifs is 10. The van der Waals surface area contributed by atoms with E-state index in [-0.39, 0.29) is 129 Å². The smallest absolute Gasteiger partial charge is 0.279 e. The van der Waals surface area contributed by atoms with Gasteiger partial charge in [0.1, 0.15) is 72.5 Å². The van der Waals surface area contributed by atoms with Crippen molar-refractivity contribution in [2.45, 2.75) is 258 Å². The van der Waals surface area contributed by atoms with Crippen molar-refractivity contribution < 1.29 is 115 Å². The molecule has 802 valence electrons. The number of imide groups is 1. The predicted octanol–water partition coefficient (Wildman–Crippen LogP) is -4.36. The van der Waals surface area contributed by atoms with Crippen LogP contribution in [-0.2, 0) is 123 Å². The zero-order chi connectivity index (χ0) is 107. The summed E-state index contributed by atoms with van der Waals surface area (Å²) in [7, 11) is -3.96. The molecule has 50 nitrogen and oxygen atoms in total. The molecule has 147 heavy (non-hydrogen) atoms. The average molecular weight is 2130 g/mol. The second-order valence-corrected chi connectivity index (χ2v) is 42.7. The van der Waals surface area contributed by atoms with Crippen LogP contribution in [0.5, 0.6) is 0 Å². The highest BCUT2D eigenvalue weighted by molar-refractivity contribution is 7.99. The Bertz CT molecular complexity index is 5740. The number of benzene rings is 2. The second-order valence-electron chi connectivity index (χ2n) is 37.9. The molecule has 0 saturated carbocycles. The van der Waals surface area contributed by atoms with Crippen LogP contribution >= 0.6 is 43.7 Å². The Balaban J connectivity index is 0.842. The topological polar surface area (TPSA) is 735 Å². The molecule has 2 aromatic carbocycles. The number of H-pyrrole nitrogens is 2. The first-order valence-electron chi connectivity index (χ1n) is 49.4. The van der Waals surface area contributed by atoms with Crippen LogP contribution in [0.1, 0.15) is 163 Å². The van der Waals surface area contributed by atoms with E-state index >= 15 is 14.2 Å². The van der Waals surface area contributed by atoms with Gasteiger partial charge >= 0.3 is 0 Å². The molecule has 26 N–H and O–H groups in total. The van der Waals surface area contributed by atoms with Crippen LogP contribution in [0.4, 0.5) is 11.4 Å². The minimum atomic E-state index is -3.96. The molecule has 0 spiro atoms. The Morgan fingerprint density at radius 2 is 0.857 bits per heavy atom. The number of thiol groups is 1. The van der Waals surface area contributed by atoms with Crippen molar-refractivity contribution in [1.82, 2.24) is 114 Å². The summed E-state index contributed by atoms with van der Waals surface area (Å²) in [5.41, 5.74) is 13.0. The van der Waals surface area contributed by atoms with E-state index in [0.29, 0.717) is 47.5 Å². The van der Waals surface area contributed by atoms with Crippen molar-refractivity contribution in [3.63, 3.8) is 0 Å². The Kier molecular flexibility index (Phi) is 41.0. The summed E-state index contributed by atoms with van der Waals surface area (Å²) in [6.45, 7) is 9.84. The highest BCUT2D eigenvalue weighted by Crippen LogP contribution is 2.38. The van der Waals surface area contributed by atoms with E-state index in [9.17, 15) is 101 Å². The van der Waals surface area contributed by atoms with Crippen LogP contribution in [0.25, 0.3) is 21.8 Å². The highest BCUT2D eigenvalue weighted by Gasteiger charge is 2.48. The van der Waals surface area contributed by atoms with Crippen molar-refractivity contribution >= 4 is 207 Å². The van der Waals surface area contributed by atoms with Crippen molar-refractivity contribution in [2.75, 3.05) is 87.6 Å². The number of thioether (sulfide) groups is 2. The lowest BCUT2D eigenvalue weighted by atomic mass is 9.96. The summed E-state index contributed by atoms with van der Waals surface area (Å²) in [5.74, 6) is -21.8. The molecule has 4 aromatic rings. The number of amides is 22. The maximum atomic E-state index is 15.1. The first kappa shape index (κ1) is 114. The molecule has 54 heteroatoms. The Labute approximate surface area is 860 Å². The van der Waals surface area contributed by atoms with Crippen LogP contribution in [0, 0.1) is 23.7 Å². The van der Waals surface area contributed by atoms with Gasteiger partial charge in [0.25, 0.3) is 7.59 Å². The minimum absolute atomic E-state index is 0.00735. The van der Waals surface area contributed by atoms with E-state index in [1.807, 2.05) is 0 Å². The molecule has 2 aromatic heterocycles. The van der Waals surface area contributed by atoms with E-state index < -0.39 is 309 Å². The Morgan fingerprint density at radius 3 is 1.27 bits per heavy atom. The summed E-state index contributed by atoms with van der Waals surface area (Å²) >= 11 is 6.08. The maximum Gasteiger partial charge on any atom is 0.279 e. The molecule has 4 bridgehead atoms. The zero-order valence-electron chi connectivity index (χ0n) is 82.9. The van der Waals surface area contributed by atoms with E-state index in [4.69, 9.17) is 11.5 Å². The molecular formula is C93H133N26O24PS3. The minimum Gasteiger partial charge on any atom is -0.391 e. The summed E-state index contributed by atoms with van der Waals surface area (Å²) in [4.78, 5) is 321. The van der Waals surface area contributed by atoms with Gasteiger partial charge in [0.2, 0.25) is 130 Å². The number of primary amides is 2. The number of likely N-dealkylation sites (tertiary alicyclic amines) is 1. The van der Waals surface area contributed by atoms with Crippen LogP contribution in [0.15, 0.2) is 46.5 Å². The molecule has 7 aliphatic rings. The third-order valence-corrected chi connectivity index (χ3v) is 31.7. The maximum absolute atomic E-state index is 15.1. The quantitative estimate of drug-likeness (QED) is 0.0106. The van der Waals surface area contributed by atoms with Crippen LogP contribution in [-0.4, -0.2) is 321 Å². The fraction of sp³-hybridized carbons (Fsp3) is 0.591. The number of nitrogens with zero attached hydrogens (tertiary/aromatic N) is 3. The third kappa shape index (κ3) is 30.7. The molecule has 7 aliphatic heterocycles. The second kappa shape index (κ2) is 52.7. The van der Waals surface area contributed by atoms with Crippen molar-refractivity contribution in [3.8, 4) is 0 Å². The summed E-state index contributed by atoms with van der Waals surface area (Å²) in [6.07, 6.45) is -2.91. The average Bonchev–Trinajstić information content (AvgIpc) is 1.64. The van der Waals surface area contributed by atoms with Gasteiger partial charge in [-0.15, -0.1) is 23.5 Å². The lowest BCUT2D eigenvalue weighted by molar-refractivity contribution is -0.143. The summed E-state index contributed by atoms with van der Waals surface area (Å²) in [5, 5.41) is 62.6. The molecule has 3 saturated heterocycles. The molecule has 0 radical (unpaired) electrons. The molecule has 3 fully saturated rings. The highest BCUT2D eigenvalue weighted by atomic mass is 32.2. The molecule has 9 heterocycles. The number of carbonyl (C=O) groups is 22. The summed E-state index contributed by atoms with van der Waals surface area (Å²) < 4.78 is 15.1. The number of rotatable bonds is 29. The van der Waals surface area contributed by atoms with Gasteiger partial charge in [-0.25, -0.2) is 15.3 Å². The number of nitrogens with one attached hydrogen (secondary N) is 21. The number of nitrogens with two attached hydrogens (primary N) is 2. The third-order valence-electron chi connectivity index (χ3n) is 27.1. The van der Waals surface area contributed by atoms with Gasteiger partial charge in [0, 0.05) is 122 Å². The number of aromatic nitrogens is 2. The zero-order valence-corrected chi connectivity index (χ0v) is 86.3. The monoisotopic (exact) mass is 2120 g/mol. The van der Waals surface area contributed by atoms with E-state index in [1.54, 1.807) is 85.7 Å². The number of hydrogen-bond acceptors (Lipinski definition) is 27. The van der Waals surface area contributed by atoms with Gasteiger partial charge in [-0.1, -0.05) is 81.1 Å². The molecule has 4 unspecified atom stereocenters. The van der Waals surface area contributed by atoms with Gasteiger partial charge in [-0.2, -0.15) is 12.6 Å². The SMILES string of the molecule is CCC(C)[C@@H]1NC(=O)[C@@H]2CCCN2C(=O)[C@H](CC(N)=O)NC(=O)[C@@H]2CSc3[nH]c4ccc(NC(=O)CCCNP(=O)(NCCCC(=O)Nc5ccc6[nH]c7c(c6c5)C[C@@H]5NC(=O)[C@H](C(C)CC)NC(=O)[C@@H]6C[C@@H](O)CN6C(=O)[C@H](CC(N)=O)NC(=O)[C@H](CS7)NC(=O)CNC(=O)[C@H]([C@@H](C)CC)NC(=O)CNC5=O)NCCCN5C(=O)CC(S)C5=O)cc4c3C[C@H](NC1=O)C(=O)NCC(=O)N[C@@H]([C@@H](C)CC)C(=O)NCC(=O)N2. The van der Waals surface area contributed by atoms with Crippen molar-refractivity contribution in [1.29, 1.82) is 0 Å². The standard InChI is InChI=1S/C93H133N26O24PS3/c1-9-44(5)75-85(136)98-37-70(125)105-61-42-146-89-53(32-57(79(130)96-39-72(127)113-75)107-87(138)77(46(7)11-3)115-83(134)63-17-15-27-117(63)91(140)59(34-66(94)121)109-81(61)132)51-29-48(20-22-55(51)111-89)103-68(123)18-13-24-100-144(143,102-26-16-28-118-74(129)36-65(145)93(118)142)101-25-14-19-69(124)104-49-21-23-56-52(30-49)54-33-58-80(131)97-40-73(128)114-76(45(6)10-2)86(137)99-38-71(126)106-62(43-147-90(54)112-56)82(133)110-60(35-67(95)122)92(141)119-41-50(120)31-64(119)84(135)116-78(47(8)12-4)88(139)108-58/h20-23,29-30,44-47,50,57-65,75-78,111-112,120,145H,9-19,24-28,31-43H2,1-8H3,(H2,94,121)(H2,95,122)(H,96,130)(H,97,131)(H,98,136)(H,99,137)(H,103,123)(H,104,124)(H,105,125)(H,106,126)(H,107,138)(H,108,139)(H,109,132)(H,110,133)(H,113,127)(H,114,128)(H,115,134)(H,116,135)(H3,100,101,102,143)/t44-,45-,46?,47?,50+,57-,58-,59-,60-,61-,62-,63-,64-,65?,75-,76-,77-,78-,144?/m0/s1. The van der Waals surface area contributed by atoms with Gasteiger partial charge in [0.05, 0.1) is 60.4 Å². The number of hydrogen-bond donors (Lipinski definition) is 25. The molecule has 19 atom stereocenters. The summed E-state index contributed by atoms with van der Waals surface area (Å²) in [6, 6.07) is -8.70. The number of aliphatic hydroxyl groups is 1. The van der Waals surface area contributed by atoms with Gasteiger partial charge in [-0.05, 0) is 103 Å². The van der Waals surface area contributed by atoms with E-state index in [1.165, 1.54) is 11.0 Å². The van der Waals surface area contributed by atoms with Gasteiger partial charge < -0.3 is 121 Å². The fourth-order valence-corrected chi connectivity index (χ4v) is 22.3. The molecule has 11 rings (SSSR count). The first-order chi connectivity index (χ1) is 69.9. The van der Waals surface area contributed by atoms with Crippen LogP contribution < -0.4 is 112 Å². The fourth-order valence-electron chi connectivity index (χ4n) is 18.0. The molecule has 0 aliphatic carbocycles. The van der Waals surface area contributed by atoms with Gasteiger partial charge in [0.15, 0.2) is 0 Å². The Hall–Kier alpha value is -12.8. The largest absolute Gasteiger partial charge is 0.391 e. The predicted molar refractivity (Wildman–Crippen MR) is 539 cm³/mol. The number of aromatic amines is 2. The van der Waals surface area contributed by atoms with Crippen molar-refractivity contribution in [2.24, 2.45) is 35.1 Å². The van der Waals surface area contributed by atoms with E-state index in [0.717, 1.165) is 33.3 Å². The lowest BCUT2D eigenvalue weighted by Crippen LogP contribution is -2.61. The van der Waals surface area contributed by atoms with Crippen LogP contribution in [0.2, 0.25) is 0 Å². The van der Waals surface area contributed by atoms with Gasteiger partial charge in [-0.3, -0.25) is 115 Å². The molecular weight excluding hydrogens is 1990 g/mol. The first-order valence-corrected chi connectivity index (χ1v) is 53.6. The number of anilines is 2. The molecule has 22 amide bonds. The number of carbonyl (C=O) groups excluding carboxylic acids is 22. The van der Waals surface area contributed by atoms with Crippen LogP contribution in [0.3, 0.4) is 0 Å². The normalized spacial score (nSPS) is 26.0. The lowest BCUT2D eigenvalue weighted by Gasteiger charge is -2.32. The van der Waals surface area contributed by atoms with Crippen molar-refractivity contribution in [3.05, 3.63) is 47.5 Å². The Morgan fingerprint density at radius 1 is 0.463 bits per heavy atom. The van der Waals surface area contributed by atoms with E-state index in [2.05, 4.69) is 123 Å².